The average molecular weight is 803 g/mol. The van der Waals surface area contributed by atoms with Crippen LogP contribution in [0.1, 0.15) is 0 Å². The van der Waals surface area contributed by atoms with E-state index in [2.05, 4.69) is 240 Å². The van der Waals surface area contributed by atoms with Crippen molar-refractivity contribution < 1.29 is 4.42 Å². The second-order valence-corrected chi connectivity index (χ2v) is 16.5. The molecule has 0 unspecified atom stereocenters. The van der Waals surface area contributed by atoms with Crippen LogP contribution in [0.2, 0.25) is 0 Å². The summed E-state index contributed by atoms with van der Waals surface area (Å²) in [6, 6.07) is 83.6. The van der Waals surface area contributed by atoms with Gasteiger partial charge in [0.2, 0.25) is 0 Å². The van der Waals surface area contributed by atoms with Gasteiger partial charge < -0.3 is 13.9 Å². The topological polar surface area (TPSA) is 21.3 Å². The summed E-state index contributed by atoms with van der Waals surface area (Å²) in [4.78, 5) is 2.45. The molecule has 0 spiro atoms. The van der Waals surface area contributed by atoms with Crippen LogP contribution in [0.4, 0.5) is 17.1 Å². The van der Waals surface area contributed by atoms with Gasteiger partial charge in [0.15, 0.2) is 0 Å². The highest BCUT2D eigenvalue weighted by atomic mass is 16.3. The van der Waals surface area contributed by atoms with E-state index in [1.165, 1.54) is 59.7 Å². The minimum atomic E-state index is 0.894. The molecule has 0 aliphatic heterocycles. The second-order valence-electron chi connectivity index (χ2n) is 16.5. The molecule has 63 heavy (non-hydrogen) atoms. The monoisotopic (exact) mass is 802 g/mol. The summed E-state index contributed by atoms with van der Waals surface area (Å²) in [6.07, 6.45) is 0. The molecule has 3 heteroatoms. The number of hydrogen-bond donors (Lipinski definition) is 0. The summed E-state index contributed by atoms with van der Waals surface area (Å²) in [7, 11) is 0. The highest BCUT2D eigenvalue weighted by Crippen LogP contribution is 2.46. The zero-order valence-corrected chi connectivity index (χ0v) is 34.2. The molecule has 2 aromatic heterocycles. The van der Waals surface area contributed by atoms with Crippen LogP contribution >= 0.6 is 0 Å². The number of fused-ring (bicyclic) bond motifs is 10. The van der Waals surface area contributed by atoms with Gasteiger partial charge in [0, 0.05) is 43.6 Å². The number of anilines is 3. The van der Waals surface area contributed by atoms with Crippen LogP contribution in [0.25, 0.3) is 104 Å². The van der Waals surface area contributed by atoms with Crippen LogP contribution in [0, 0.1) is 0 Å². The van der Waals surface area contributed by atoms with E-state index in [9.17, 15) is 0 Å². The first-order valence-electron chi connectivity index (χ1n) is 21.6. The third-order valence-electron chi connectivity index (χ3n) is 13.0. The SMILES string of the molecule is c1ccc(N(c2cccc3ccccc23)c2cccc3ccccc23)c(-c2ccc(-c3ccc4c5ccccc5n(-c5ccc6oc7ccc8ccccc8c7c6c5)c4c3)cc2)c1. The van der Waals surface area contributed by atoms with E-state index in [1.807, 2.05) is 0 Å². The maximum absolute atomic E-state index is 6.41. The third kappa shape index (κ3) is 5.60. The largest absolute Gasteiger partial charge is 0.456 e. The van der Waals surface area contributed by atoms with Crippen molar-refractivity contribution in [2.75, 3.05) is 4.90 Å². The van der Waals surface area contributed by atoms with Gasteiger partial charge in [0.05, 0.1) is 28.1 Å². The molecule has 0 aliphatic rings. The Morgan fingerprint density at radius 2 is 0.857 bits per heavy atom. The predicted octanol–water partition coefficient (Wildman–Crippen LogP) is 16.9. The third-order valence-corrected chi connectivity index (χ3v) is 13.0. The summed E-state index contributed by atoms with van der Waals surface area (Å²) in [5, 5.41) is 12.0. The smallest absolute Gasteiger partial charge is 0.136 e. The zero-order valence-electron chi connectivity index (χ0n) is 34.2. The lowest BCUT2D eigenvalue weighted by atomic mass is 9.97. The van der Waals surface area contributed by atoms with E-state index in [4.69, 9.17) is 4.42 Å². The average Bonchev–Trinajstić information content (AvgIpc) is 3.90. The Morgan fingerprint density at radius 3 is 1.60 bits per heavy atom. The van der Waals surface area contributed by atoms with Crippen LogP contribution in [-0.2, 0) is 0 Å². The van der Waals surface area contributed by atoms with Crippen LogP contribution in [-0.4, -0.2) is 4.57 Å². The lowest BCUT2D eigenvalue weighted by molar-refractivity contribution is 0.669. The van der Waals surface area contributed by atoms with Crippen molar-refractivity contribution in [3.63, 3.8) is 0 Å². The molecule has 3 nitrogen and oxygen atoms in total. The first kappa shape index (κ1) is 35.4. The van der Waals surface area contributed by atoms with E-state index in [0.717, 1.165) is 61.4 Å². The van der Waals surface area contributed by atoms with Crippen molar-refractivity contribution in [3.05, 3.63) is 231 Å². The molecule has 294 valence electrons. The molecule has 0 N–H and O–H groups in total. The van der Waals surface area contributed by atoms with Crippen LogP contribution < -0.4 is 4.90 Å². The molecular weight excluding hydrogens is 765 g/mol. The van der Waals surface area contributed by atoms with E-state index < -0.39 is 0 Å². The van der Waals surface area contributed by atoms with Gasteiger partial charge in [-0.15, -0.1) is 0 Å². The molecule has 0 amide bonds. The van der Waals surface area contributed by atoms with Crippen molar-refractivity contribution in [2.45, 2.75) is 0 Å². The summed E-state index contributed by atoms with van der Waals surface area (Å²) in [5.74, 6) is 0. The van der Waals surface area contributed by atoms with Gasteiger partial charge in [-0.1, -0.05) is 176 Å². The Kier molecular flexibility index (Phi) is 7.91. The number of furan rings is 1. The van der Waals surface area contributed by atoms with E-state index >= 15 is 0 Å². The van der Waals surface area contributed by atoms with Gasteiger partial charge in [-0.05, 0) is 92.8 Å². The Hall–Kier alpha value is -8.40. The fraction of sp³-hybridized carbons (Fsp3) is 0. The van der Waals surface area contributed by atoms with Crippen molar-refractivity contribution >= 4 is 93.1 Å². The molecule has 0 bridgehead atoms. The second kappa shape index (κ2) is 14.1. The quantitative estimate of drug-likeness (QED) is 0.167. The van der Waals surface area contributed by atoms with Crippen molar-refractivity contribution in [3.8, 4) is 27.9 Å². The van der Waals surface area contributed by atoms with Gasteiger partial charge in [0.1, 0.15) is 11.2 Å². The molecular formula is C60H38N2O. The first-order chi connectivity index (χ1) is 31.2. The molecule has 0 saturated carbocycles. The summed E-state index contributed by atoms with van der Waals surface area (Å²) in [5.41, 5.74) is 13.3. The van der Waals surface area contributed by atoms with Crippen LogP contribution in [0.3, 0.4) is 0 Å². The molecule has 0 aliphatic carbocycles. The van der Waals surface area contributed by atoms with Gasteiger partial charge in [-0.2, -0.15) is 0 Å². The highest BCUT2D eigenvalue weighted by molar-refractivity contribution is 6.19. The minimum absolute atomic E-state index is 0.894. The maximum atomic E-state index is 6.41. The maximum Gasteiger partial charge on any atom is 0.136 e. The number of para-hydroxylation sites is 2. The molecule has 0 fully saturated rings. The summed E-state index contributed by atoms with van der Waals surface area (Å²) in [6.45, 7) is 0. The Labute approximate surface area is 363 Å². The first-order valence-corrected chi connectivity index (χ1v) is 21.6. The number of nitrogens with zero attached hydrogens (tertiary/aromatic N) is 2. The van der Waals surface area contributed by atoms with E-state index in [0.29, 0.717) is 0 Å². The summed E-state index contributed by atoms with van der Waals surface area (Å²) < 4.78 is 8.83. The van der Waals surface area contributed by atoms with Crippen LogP contribution in [0.15, 0.2) is 235 Å². The predicted molar refractivity (Wildman–Crippen MR) is 266 cm³/mol. The van der Waals surface area contributed by atoms with E-state index in [1.54, 1.807) is 0 Å². The molecule has 0 atom stereocenters. The molecule has 13 aromatic rings. The van der Waals surface area contributed by atoms with Gasteiger partial charge in [-0.3, -0.25) is 0 Å². The van der Waals surface area contributed by atoms with Gasteiger partial charge >= 0.3 is 0 Å². The van der Waals surface area contributed by atoms with Crippen molar-refractivity contribution in [1.29, 1.82) is 0 Å². The van der Waals surface area contributed by atoms with Gasteiger partial charge in [0.25, 0.3) is 0 Å². The number of benzene rings is 11. The van der Waals surface area contributed by atoms with Gasteiger partial charge in [-0.25, -0.2) is 0 Å². The number of aromatic nitrogens is 1. The fourth-order valence-corrected chi connectivity index (χ4v) is 10.1. The molecule has 2 heterocycles. The molecule has 11 aromatic carbocycles. The lowest BCUT2D eigenvalue weighted by Crippen LogP contribution is -2.12. The van der Waals surface area contributed by atoms with Crippen molar-refractivity contribution in [2.24, 2.45) is 0 Å². The summed E-state index contributed by atoms with van der Waals surface area (Å²) >= 11 is 0. The lowest BCUT2D eigenvalue weighted by Gasteiger charge is -2.30. The van der Waals surface area contributed by atoms with E-state index in [-0.39, 0.29) is 0 Å². The zero-order chi connectivity index (χ0) is 41.4. The Bertz CT molecular complexity index is 3840. The minimum Gasteiger partial charge on any atom is -0.456 e. The van der Waals surface area contributed by atoms with Crippen LogP contribution in [0.5, 0.6) is 0 Å². The standard InChI is InChI=1S/C60H38N2O/c1-4-18-46-40(13-1)16-11-25-54(46)62(55-26-12-17-41-14-2-5-19-47(41)55)53-23-9-7-20-48(53)43-29-27-39(28-30-43)44-31-34-51-50-22-8-10-24-56(50)61(57(51)37-44)45-33-36-58-52(38-45)60-49-21-6-3-15-42(49)32-35-59(60)63-58/h1-38H. The Morgan fingerprint density at radius 1 is 0.317 bits per heavy atom. The highest BCUT2D eigenvalue weighted by Gasteiger charge is 2.21. The molecule has 13 rings (SSSR count). The molecule has 0 saturated heterocycles. The Balaban J connectivity index is 0.944. The number of rotatable bonds is 6. The normalized spacial score (nSPS) is 11.8. The molecule has 0 radical (unpaired) electrons. The number of hydrogen-bond acceptors (Lipinski definition) is 2. The fourth-order valence-electron chi connectivity index (χ4n) is 10.1. The van der Waals surface area contributed by atoms with Crippen molar-refractivity contribution in [1.82, 2.24) is 4.57 Å².